The third-order valence-corrected chi connectivity index (χ3v) is 11.6. The van der Waals surface area contributed by atoms with Crippen molar-refractivity contribution in [1.29, 1.82) is 0 Å². The minimum atomic E-state index is 0.609. The summed E-state index contributed by atoms with van der Waals surface area (Å²) in [6.07, 6.45) is 0. The second-order valence-corrected chi connectivity index (χ2v) is 15.2. The molecular weight excluding hydrogens is 733 g/mol. The largest absolute Gasteiger partial charge is 0.456 e. The first-order chi connectivity index (χ1) is 29.7. The van der Waals surface area contributed by atoms with Gasteiger partial charge in [-0.05, 0) is 87.6 Å². The molecule has 3 aromatic heterocycles. The van der Waals surface area contributed by atoms with Gasteiger partial charge in [0.05, 0.1) is 11.0 Å². The van der Waals surface area contributed by atoms with E-state index in [0.29, 0.717) is 17.5 Å². The van der Waals surface area contributed by atoms with Crippen LogP contribution in [0.4, 0.5) is 0 Å². The Morgan fingerprint density at radius 1 is 0.317 bits per heavy atom. The molecule has 0 aliphatic rings. The lowest BCUT2D eigenvalue weighted by molar-refractivity contribution is 0.669. The van der Waals surface area contributed by atoms with Crippen molar-refractivity contribution in [2.75, 3.05) is 0 Å². The number of para-hydroxylation sites is 3. The summed E-state index contributed by atoms with van der Waals surface area (Å²) in [5.41, 5.74) is 12.5. The van der Waals surface area contributed by atoms with Crippen LogP contribution in [0.15, 0.2) is 211 Å². The molecule has 5 heteroatoms. The van der Waals surface area contributed by atoms with Crippen LogP contribution in [0.1, 0.15) is 0 Å². The summed E-state index contributed by atoms with van der Waals surface area (Å²) in [6.45, 7) is 0. The van der Waals surface area contributed by atoms with Crippen molar-refractivity contribution in [3.8, 4) is 62.1 Å². The van der Waals surface area contributed by atoms with Crippen LogP contribution in [-0.2, 0) is 0 Å². The number of hydrogen-bond donors (Lipinski definition) is 0. The fraction of sp³-hybridized carbons (Fsp3) is 0. The fourth-order valence-corrected chi connectivity index (χ4v) is 8.73. The van der Waals surface area contributed by atoms with Gasteiger partial charge in [0.25, 0.3) is 0 Å². The molecule has 3 heterocycles. The van der Waals surface area contributed by atoms with Gasteiger partial charge in [-0.25, -0.2) is 15.0 Å². The molecule has 0 saturated carbocycles. The van der Waals surface area contributed by atoms with Crippen LogP contribution in [-0.4, -0.2) is 19.5 Å². The summed E-state index contributed by atoms with van der Waals surface area (Å²) in [5.74, 6) is 1.83. The van der Waals surface area contributed by atoms with Gasteiger partial charge in [-0.2, -0.15) is 0 Å². The van der Waals surface area contributed by atoms with Crippen molar-refractivity contribution in [2.24, 2.45) is 0 Å². The maximum Gasteiger partial charge on any atom is 0.164 e. The molecule has 9 aromatic carbocycles. The molecule has 0 bridgehead atoms. The van der Waals surface area contributed by atoms with Gasteiger partial charge in [-0.1, -0.05) is 152 Å². The molecule has 60 heavy (non-hydrogen) atoms. The van der Waals surface area contributed by atoms with Crippen LogP contribution < -0.4 is 0 Å². The third kappa shape index (κ3) is 5.67. The second-order valence-electron chi connectivity index (χ2n) is 15.2. The van der Waals surface area contributed by atoms with Crippen molar-refractivity contribution < 1.29 is 4.42 Å². The summed E-state index contributed by atoms with van der Waals surface area (Å²) in [4.78, 5) is 15.6. The molecular formula is C55H34N4O. The summed E-state index contributed by atoms with van der Waals surface area (Å²) >= 11 is 0. The SMILES string of the molecule is c1ccc(-c2ccc(-c3nc(-c4cccc(-c5ccc6c(c5)c5ccccc5n6-c5ccccc5)c4)nc(-c4cccc5cc6oc7ccccc7c6cc45)n3)cc2)cc1. The van der Waals surface area contributed by atoms with Gasteiger partial charge in [0.1, 0.15) is 11.2 Å². The summed E-state index contributed by atoms with van der Waals surface area (Å²) in [6, 6.07) is 72.2. The van der Waals surface area contributed by atoms with E-state index in [4.69, 9.17) is 19.4 Å². The Morgan fingerprint density at radius 2 is 0.917 bits per heavy atom. The number of fused-ring (bicyclic) bond motifs is 7. The van der Waals surface area contributed by atoms with Crippen LogP contribution >= 0.6 is 0 Å². The van der Waals surface area contributed by atoms with Gasteiger partial charge in [0.2, 0.25) is 0 Å². The Kier molecular flexibility index (Phi) is 7.78. The van der Waals surface area contributed by atoms with Gasteiger partial charge in [0.15, 0.2) is 17.5 Å². The lowest BCUT2D eigenvalue weighted by Gasteiger charge is -2.12. The first-order valence-electron chi connectivity index (χ1n) is 20.2. The van der Waals surface area contributed by atoms with E-state index in [9.17, 15) is 0 Å². The molecule has 0 spiro atoms. The minimum Gasteiger partial charge on any atom is -0.456 e. The molecule has 12 rings (SSSR count). The highest BCUT2D eigenvalue weighted by Gasteiger charge is 2.18. The van der Waals surface area contributed by atoms with Gasteiger partial charge in [-0.3, -0.25) is 0 Å². The zero-order valence-electron chi connectivity index (χ0n) is 32.3. The quantitative estimate of drug-likeness (QED) is 0.169. The Balaban J connectivity index is 1.02. The van der Waals surface area contributed by atoms with Crippen molar-refractivity contribution in [2.45, 2.75) is 0 Å². The van der Waals surface area contributed by atoms with Crippen molar-refractivity contribution in [3.63, 3.8) is 0 Å². The molecule has 0 atom stereocenters. The number of rotatable bonds is 6. The first kappa shape index (κ1) is 33.9. The molecule has 0 fully saturated rings. The van der Waals surface area contributed by atoms with E-state index in [1.54, 1.807) is 0 Å². The first-order valence-corrected chi connectivity index (χ1v) is 20.2. The van der Waals surface area contributed by atoms with E-state index in [-0.39, 0.29) is 0 Å². The van der Waals surface area contributed by atoms with Crippen LogP contribution in [0.2, 0.25) is 0 Å². The average Bonchev–Trinajstić information content (AvgIpc) is 3.86. The molecule has 5 nitrogen and oxygen atoms in total. The molecule has 0 radical (unpaired) electrons. The Bertz CT molecular complexity index is 3590. The zero-order valence-corrected chi connectivity index (χ0v) is 32.3. The number of aromatic nitrogens is 4. The van der Waals surface area contributed by atoms with Gasteiger partial charge in [0, 0.05) is 43.9 Å². The van der Waals surface area contributed by atoms with Crippen molar-refractivity contribution in [1.82, 2.24) is 19.5 Å². The standard InChI is InChI=1S/C55H34N4O/c1-3-13-35(14-4-1)36-25-27-37(28-26-36)53-56-54(58-55(57-53)45-22-12-16-40-33-52-48(34-46(40)45)44-21-8-10-24-51(44)60-52)41-17-11-15-38(31-41)39-29-30-50-47(32-39)43-20-7-9-23-49(43)59(50)42-18-5-2-6-19-42/h1-34H. The number of nitrogens with zero attached hydrogens (tertiary/aromatic N) is 4. The van der Waals surface area contributed by atoms with Crippen LogP contribution in [0, 0.1) is 0 Å². The molecule has 12 aromatic rings. The molecule has 280 valence electrons. The highest BCUT2D eigenvalue weighted by Crippen LogP contribution is 2.38. The van der Waals surface area contributed by atoms with Gasteiger partial charge in [-0.15, -0.1) is 0 Å². The van der Waals surface area contributed by atoms with Crippen LogP contribution in [0.25, 0.3) is 117 Å². The van der Waals surface area contributed by atoms with E-state index in [2.05, 4.69) is 193 Å². The van der Waals surface area contributed by atoms with Crippen LogP contribution in [0.5, 0.6) is 0 Å². The minimum absolute atomic E-state index is 0.609. The summed E-state index contributed by atoms with van der Waals surface area (Å²) in [7, 11) is 0. The summed E-state index contributed by atoms with van der Waals surface area (Å²) < 4.78 is 8.62. The Morgan fingerprint density at radius 3 is 1.77 bits per heavy atom. The molecule has 0 amide bonds. The number of benzene rings is 9. The van der Waals surface area contributed by atoms with E-state index in [0.717, 1.165) is 77.3 Å². The Labute approximate surface area is 345 Å². The lowest BCUT2D eigenvalue weighted by atomic mass is 10.00. The molecule has 0 aliphatic carbocycles. The molecule has 0 saturated heterocycles. The maximum atomic E-state index is 6.27. The second kappa shape index (κ2) is 13.8. The Hall–Kier alpha value is -8.15. The molecule has 0 unspecified atom stereocenters. The van der Waals surface area contributed by atoms with Gasteiger partial charge < -0.3 is 8.98 Å². The number of furan rings is 1. The molecule has 0 aliphatic heterocycles. The lowest BCUT2D eigenvalue weighted by Crippen LogP contribution is -2.00. The van der Waals surface area contributed by atoms with Gasteiger partial charge >= 0.3 is 0 Å². The van der Waals surface area contributed by atoms with Crippen molar-refractivity contribution in [3.05, 3.63) is 206 Å². The third-order valence-electron chi connectivity index (χ3n) is 11.6. The normalized spacial score (nSPS) is 11.7. The monoisotopic (exact) mass is 766 g/mol. The highest BCUT2D eigenvalue weighted by atomic mass is 16.3. The van der Waals surface area contributed by atoms with E-state index < -0.39 is 0 Å². The fourth-order valence-electron chi connectivity index (χ4n) is 8.73. The predicted octanol–water partition coefficient (Wildman–Crippen LogP) is 14.4. The zero-order chi connectivity index (χ0) is 39.6. The van der Waals surface area contributed by atoms with E-state index >= 15 is 0 Å². The number of hydrogen-bond acceptors (Lipinski definition) is 4. The van der Waals surface area contributed by atoms with E-state index in [1.807, 2.05) is 18.2 Å². The molecule has 0 N–H and O–H groups in total. The van der Waals surface area contributed by atoms with E-state index in [1.165, 1.54) is 21.8 Å². The smallest absolute Gasteiger partial charge is 0.164 e. The topological polar surface area (TPSA) is 56.7 Å². The summed E-state index contributed by atoms with van der Waals surface area (Å²) in [5, 5.41) is 6.68. The van der Waals surface area contributed by atoms with Crippen LogP contribution in [0.3, 0.4) is 0 Å². The average molecular weight is 767 g/mol. The highest BCUT2D eigenvalue weighted by molar-refractivity contribution is 6.13. The van der Waals surface area contributed by atoms with Crippen molar-refractivity contribution >= 4 is 54.5 Å². The predicted molar refractivity (Wildman–Crippen MR) is 246 cm³/mol. The maximum absolute atomic E-state index is 6.27.